The maximum Gasteiger partial charge on any atom is 0.330 e. The molecule has 1 aliphatic heterocycles. The first-order valence-electron chi connectivity index (χ1n) is 10.6. The fraction of sp³-hybridized carbons (Fsp3) is 0.435. The van der Waals surface area contributed by atoms with Crippen molar-refractivity contribution in [3.63, 3.8) is 0 Å². The molecule has 0 unspecified atom stereocenters. The third kappa shape index (κ3) is 2.96. The summed E-state index contributed by atoms with van der Waals surface area (Å²) in [6, 6.07) is 13.8. The van der Waals surface area contributed by atoms with Crippen molar-refractivity contribution in [2.24, 2.45) is 0 Å². The zero-order chi connectivity index (χ0) is 20.7. The highest BCUT2D eigenvalue weighted by Gasteiger charge is 2.53. The van der Waals surface area contributed by atoms with Gasteiger partial charge in [-0.2, -0.15) is 0 Å². The van der Waals surface area contributed by atoms with Crippen LogP contribution in [-0.2, 0) is 21.5 Å². The lowest BCUT2D eigenvalue weighted by atomic mass is 9.94. The van der Waals surface area contributed by atoms with Gasteiger partial charge >= 0.3 is 5.69 Å². The fourth-order valence-corrected chi connectivity index (χ4v) is 4.78. The van der Waals surface area contributed by atoms with Gasteiger partial charge in [-0.05, 0) is 37.0 Å². The van der Waals surface area contributed by atoms with Gasteiger partial charge in [0, 0.05) is 26.4 Å². The first-order valence-corrected chi connectivity index (χ1v) is 10.6. The van der Waals surface area contributed by atoms with Crippen molar-refractivity contribution < 1.29 is 9.53 Å². The number of aromatic nitrogens is 3. The third-order valence-electron chi connectivity index (χ3n) is 6.54. The van der Waals surface area contributed by atoms with E-state index in [1.807, 2.05) is 35.2 Å². The molecule has 7 nitrogen and oxygen atoms in total. The minimum atomic E-state index is -0.369. The molecule has 2 aliphatic rings. The van der Waals surface area contributed by atoms with Crippen molar-refractivity contribution in [2.45, 2.75) is 37.3 Å². The number of benzene rings is 1. The number of pyridine rings is 1. The number of methoxy groups -OCH3 is 1. The predicted octanol–water partition coefficient (Wildman–Crippen LogP) is 2.35. The number of hydrogen-bond acceptors (Lipinski definition) is 4. The van der Waals surface area contributed by atoms with E-state index >= 15 is 0 Å². The number of hydrogen-bond donors (Lipinski definition) is 0. The maximum atomic E-state index is 13.4. The Morgan fingerprint density at radius 3 is 2.73 bits per heavy atom. The van der Waals surface area contributed by atoms with Crippen LogP contribution in [-0.4, -0.2) is 51.7 Å². The molecule has 0 radical (unpaired) electrons. The molecule has 3 heterocycles. The number of carbonyl (C=O) groups excluding carboxylic acids is 1. The Morgan fingerprint density at radius 1 is 1.20 bits per heavy atom. The Labute approximate surface area is 174 Å². The highest BCUT2D eigenvalue weighted by atomic mass is 16.5. The largest absolute Gasteiger partial charge is 0.383 e. The smallest absolute Gasteiger partial charge is 0.330 e. The van der Waals surface area contributed by atoms with Crippen LogP contribution in [0.4, 0.5) is 0 Å². The molecule has 1 aromatic carbocycles. The highest BCUT2D eigenvalue weighted by Crippen LogP contribution is 2.50. The van der Waals surface area contributed by atoms with Crippen molar-refractivity contribution >= 4 is 17.1 Å². The SMILES string of the molecule is COCCn1c(=O)n([C@@H]2CCN(C(=O)C3(c4ccccc4)CC3)C2)c2ncccc21. The molecule has 156 valence electrons. The second-order valence-corrected chi connectivity index (χ2v) is 8.28. The van der Waals surface area contributed by atoms with Crippen LogP contribution >= 0.6 is 0 Å². The molecule has 1 amide bonds. The number of imidazole rings is 1. The molecule has 5 rings (SSSR count). The molecule has 2 aromatic heterocycles. The Hall–Kier alpha value is -2.93. The van der Waals surface area contributed by atoms with E-state index in [1.54, 1.807) is 22.4 Å². The standard InChI is InChI=1S/C23H26N4O3/c1-30-15-14-26-19-8-5-12-24-20(19)27(22(26)29)18-9-13-25(16-18)21(28)23(10-11-23)17-6-3-2-4-7-17/h2-8,12,18H,9-11,13-16H2,1H3/t18-/m1/s1. The molecular formula is C23H26N4O3. The summed E-state index contributed by atoms with van der Waals surface area (Å²) in [5.41, 5.74) is 2.15. The molecule has 0 bridgehead atoms. The average molecular weight is 406 g/mol. The molecule has 2 fully saturated rings. The van der Waals surface area contributed by atoms with Crippen molar-refractivity contribution in [3.8, 4) is 0 Å². The van der Waals surface area contributed by atoms with Gasteiger partial charge in [-0.3, -0.25) is 13.9 Å². The zero-order valence-corrected chi connectivity index (χ0v) is 17.2. The number of rotatable bonds is 6. The number of carbonyl (C=O) groups is 1. The Kier molecular flexibility index (Phi) is 4.70. The van der Waals surface area contributed by atoms with E-state index in [0.29, 0.717) is 31.9 Å². The summed E-state index contributed by atoms with van der Waals surface area (Å²) in [7, 11) is 1.63. The van der Waals surface area contributed by atoms with Crippen LogP contribution in [0.1, 0.15) is 30.9 Å². The van der Waals surface area contributed by atoms with Gasteiger partial charge in [0.25, 0.3) is 0 Å². The summed E-state index contributed by atoms with van der Waals surface area (Å²) in [6.45, 7) is 2.16. The Bertz CT molecular complexity index is 1130. The van der Waals surface area contributed by atoms with Gasteiger partial charge in [0.1, 0.15) is 0 Å². The van der Waals surface area contributed by atoms with E-state index in [1.165, 1.54) is 0 Å². The average Bonchev–Trinajstić information content (AvgIpc) is 3.37. The quantitative estimate of drug-likeness (QED) is 0.630. The van der Waals surface area contributed by atoms with Crippen LogP contribution in [0.15, 0.2) is 53.5 Å². The number of amides is 1. The van der Waals surface area contributed by atoms with Crippen LogP contribution in [0.25, 0.3) is 11.2 Å². The molecule has 7 heteroatoms. The predicted molar refractivity (Wildman–Crippen MR) is 113 cm³/mol. The summed E-state index contributed by atoms with van der Waals surface area (Å²) in [5.74, 6) is 0.195. The molecule has 1 atom stereocenters. The Balaban J connectivity index is 1.43. The summed E-state index contributed by atoms with van der Waals surface area (Å²) in [4.78, 5) is 33.1. The van der Waals surface area contributed by atoms with E-state index in [-0.39, 0.29) is 23.1 Å². The van der Waals surface area contributed by atoms with Crippen LogP contribution < -0.4 is 5.69 Å². The van der Waals surface area contributed by atoms with Crippen LogP contribution in [0, 0.1) is 0 Å². The fourth-order valence-electron chi connectivity index (χ4n) is 4.78. The normalized spacial score (nSPS) is 20.0. The second kappa shape index (κ2) is 7.40. The van der Waals surface area contributed by atoms with Gasteiger partial charge < -0.3 is 9.64 Å². The highest BCUT2D eigenvalue weighted by molar-refractivity contribution is 5.91. The summed E-state index contributed by atoms with van der Waals surface area (Å²) < 4.78 is 8.68. The van der Waals surface area contributed by atoms with Crippen molar-refractivity contribution in [1.82, 2.24) is 19.0 Å². The van der Waals surface area contributed by atoms with Gasteiger partial charge in [0.05, 0.1) is 30.1 Å². The molecule has 30 heavy (non-hydrogen) atoms. The molecule has 1 saturated heterocycles. The van der Waals surface area contributed by atoms with Gasteiger partial charge in [0.2, 0.25) is 5.91 Å². The maximum absolute atomic E-state index is 13.4. The van der Waals surface area contributed by atoms with Crippen LogP contribution in [0.2, 0.25) is 0 Å². The molecule has 0 N–H and O–H groups in total. The van der Waals surface area contributed by atoms with Gasteiger partial charge in [-0.15, -0.1) is 0 Å². The van der Waals surface area contributed by atoms with E-state index < -0.39 is 0 Å². The molecule has 1 saturated carbocycles. The van der Waals surface area contributed by atoms with Gasteiger partial charge in [-0.25, -0.2) is 9.78 Å². The van der Waals surface area contributed by atoms with Gasteiger partial charge in [0.15, 0.2) is 5.65 Å². The molecule has 3 aromatic rings. The van der Waals surface area contributed by atoms with Crippen molar-refractivity contribution in [2.75, 3.05) is 26.8 Å². The van der Waals surface area contributed by atoms with Crippen LogP contribution in [0.5, 0.6) is 0 Å². The number of ether oxygens (including phenoxy) is 1. The van der Waals surface area contributed by atoms with Crippen molar-refractivity contribution in [3.05, 3.63) is 64.7 Å². The molecular weight excluding hydrogens is 380 g/mol. The zero-order valence-electron chi connectivity index (χ0n) is 17.2. The minimum absolute atomic E-state index is 0.0609. The first kappa shape index (κ1) is 19.1. The van der Waals surface area contributed by atoms with Crippen LogP contribution in [0.3, 0.4) is 0 Å². The lowest BCUT2D eigenvalue weighted by Crippen LogP contribution is -2.38. The second-order valence-electron chi connectivity index (χ2n) is 8.28. The number of fused-ring (bicyclic) bond motifs is 1. The monoisotopic (exact) mass is 406 g/mol. The topological polar surface area (TPSA) is 69.4 Å². The number of nitrogens with zero attached hydrogens (tertiary/aromatic N) is 4. The third-order valence-corrected chi connectivity index (χ3v) is 6.54. The van der Waals surface area contributed by atoms with E-state index in [9.17, 15) is 9.59 Å². The molecule has 0 spiro atoms. The van der Waals surface area contributed by atoms with Gasteiger partial charge in [-0.1, -0.05) is 30.3 Å². The van der Waals surface area contributed by atoms with E-state index in [2.05, 4.69) is 17.1 Å². The van der Waals surface area contributed by atoms with Crippen molar-refractivity contribution in [1.29, 1.82) is 0 Å². The summed E-state index contributed by atoms with van der Waals surface area (Å²) in [5, 5.41) is 0. The lowest BCUT2D eigenvalue weighted by molar-refractivity contribution is -0.133. The van der Waals surface area contributed by atoms with E-state index in [0.717, 1.165) is 30.3 Å². The number of likely N-dealkylation sites (tertiary alicyclic amines) is 1. The summed E-state index contributed by atoms with van der Waals surface area (Å²) in [6.07, 6.45) is 4.27. The minimum Gasteiger partial charge on any atom is -0.383 e. The molecule has 1 aliphatic carbocycles. The lowest BCUT2D eigenvalue weighted by Gasteiger charge is -2.23. The summed E-state index contributed by atoms with van der Waals surface area (Å²) >= 11 is 0. The van der Waals surface area contributed by atoms with E-state index in [4.69, 9.17) is 4.74 Å². The first-order chi connectivity index (χ1) is 14.7. The Morgan fingerprint density at radius 2 is 2.00 bits per heavy atom.